The van der Waals surface area contributed by atoms with Gasteiger partial charge in [0.2, 0.25) is 5.72 Å². The Bertz CT molecular complexity index is 928. The molecule has 2 atom stereocenters. The average Bonchev–Trinajstić information content (AvgIpc) is 2.94. The predicted octanol–water partition coefficient (Wildman–Crippen LogP) is 2.86. The Balaban J connectivity index is 1.90. The number of methoxy groups -OCH3 is 1. The third-order valence-electron chi connectivity index (χ3n) is 5.09. The number of hydrogen-bond acceptors (Lipinski definition) is 5. The minimum absolute atomic E-state index is 0.242. The lowest BCUT2D eigenvalue weighted by molar-refractivity contribution is -0.152. The van der Waals surface area contributed by atoms with Gasteiger partial charge in [-0.15, -0.1) is 0 Å². The molecule has 0 aliphatic carbocycles. The van der Waals surface area contributed by atoms with Crippen LogP contribution >= 0.6 is 11.6 Å². The summed E-state index contributed by atoms with van der Waals surface area (Å²) in [5.74, 6) is -0.460. The third kappa shape index (κ3) is 2.09. The first-order chi connectivity index (χ1) is 12.3. The van der Waals surface area contributed by atoms with Crippen LogP contribution in [0.4, 0.5) is 5.69 Å². The fourth-order valence-corrected chi connectivity index (χ4v) is 3.84. The van der Waals surface area contributed by atoms with Crippen molar-refractivity contribution >= 4 is 29.2 Å². The van der Waals surface area contributed by atoms with Crippen LogP contribution in [0, 0.1) is 0 Å². The quantitative estimate of drug-likeness (QED) is 0.819. The van der Waals surface area contributed by atoms with Gasteiger partial charge in [-0.05, 0) is 49.4 Å². The lowest BCUT2D eigenvalue weighted by atomic mass is 9.86. The predicted molar refractivity (Wildman–Crippen MR) is 94.3 cm³/mol. The van der Waals surface area contributed by atoms with Gasteiger partial charge in [0, 0.05) is 16.1 Å². The molecule has 0 bridgehead atoms. The fourth-order valence-electron chi connectivity index (χ4n) is 3.71. The van der Waals surface area contributed by atoms with Gasteiger partial charge < -0.3 is 14.6 Å². The van der Waals surface area contributed by atoms with Crippen LogP contribution in [0.3, 0.4) is 0 Å². The Kier molecular flexibility index (Phi) is 3.54. The summed E-state index contributed by atoms with van der Waals surface area (Å²) in [7, 11) is 1.51. The Morgan fingerprint density at radius 2 is 1.96 bits per heavy atom. The van der Waals surface area contributed by atoms with Gasteiger partial charge in [0.05, 0.1) is 19.2 Å². The van der Waals surface area contributed by atoms with E-state index >= 15 is 0 Å². The largest absolute Gasteiger partial charge is 0.497 e. The highest BCUT2D eigenvalue weighted by Gasteiger charge is 2.68. The van der Waals surface area contributed by atoms with Crippen molar-refractivity contribution in [2.45, 2.75) is 24.7 Å². The highest BCUT2D eigenvalue weighted by atomic mass is 35.5. The van der Waals surface area contributed by atoms with Crippen LogP contribution < -0.4 is 9.64 Å². The SMILES string of the molecule is COc1ccc2c(c1)C1(O)CC(=O)OC1(C)N2C(=O)c1ccc(Cl)cc1. The van der Waals surface area contributed by atoms with Crippen molar-refractivity contribution in [1.82, 2.24) is 0 Å². The Morgan fingerprint density at radius 3 is 2.62 bits per heavy atom. The topological polar surface area (TPSA) is 76.1 Å². The van der Waals surface area contributed by atoms with E-state index in [2.05, 4.69) is 0 Å². The van der Waals surface area contributed by atoms with Gasteiger partial charge in [-0.25, -0.2) is 0 Å². The number of rotatable bonds is 2. The van der Waals surface area contributed by atoms with Crippen molar-refractivity contribution in [3.8, 4) is 5.75 Å². The summed E-state index contributed by atoms with van der Waals surface area (Å²) in [6, 6.07) is 11.4. The third-order valence-corrected chi connectivity index (χ3v) is 5.34. The van der Waals surface area contributed by atoms with Crippen LogP contribution in [0.25, 0.3) is 0 Å². The zero-order valence-electron chi connectivity index (χ0n) is 14.2. The molecule has 2 aliphatic rings. The molecule has 1 N–H and O–H groups in total. The Hall–Kier alpha value is -2.57. The number of hydrogen-bond donors (Lipinski definition) is 1. The van der Waals surface area contributed by atoms with Gasteiger partial charge in [-0.3, -0.25) is 14.5 Å². The maximum absolute atomic E-state index is 13.2. The average molecular weight is 374 g/mol. The second kappa shape index (κ2) is 5.46. The first-order valence-electron chi connectivity index (χ1n) is 8.03. The Labute approximate surface area is 154 Å². The normalized spacial score (nSPS) is 26.3. The maximum Gasteiger partial charge on any atom is 0.311 e. The molecule has 0 radical (unpaired) electrons. The van der Waals surface area contributed by atoms with Crippen LogP contribution in [0.15, 0.2) is 42.5 Å². The van der Waals surface area contributed by atoms with Crippen molar-refractivity contribution < 1.29 is 24.2 Å². The van der Waals surface area contributed by atoms with Gasteiger partial charge >= 0.3 is 5.97 Å². The smallest absolute Gasteiger partial charge is 0.311 e. The fraction of sp³-hybridized carbons (Fsp3) is 0.263. The minimum atomic E-state index is -1.66. The molecule has 2 heterocycles. The number of fused-ring (bicyclic) bond motifs is 3. The molecule has 1 amide bonds. The van der Waals surface area contributed by atoms with E-state index in [4.69, 9.17) is 21.1 Å². The van der Waals surface area contributed by atoms with Crippen molar-refractivity contribution in [2.75, 3.05) is 12.0 Å². The molecule has 6 nitrogen and oxygen atoms in total. The van der Waals surface area contributed by atoms with Crippen molar-refractivity contribution in [3.63, 3.8) is 0 Å². The molecule has 1 fully saturated rings. The summed E-state index contributed by atoms with van der Waals surface area (Å²) < 4.78 is 10.7. The van der Waals surface area contributed by atoms with Crippen LogP contribution in [-0.4, -0.2) is 29.8 Å². The number of benzene rings is 2. The lowest BCUT2D eigenvalue weighted by Gasteiger charge is -2.36. The number of anilines is 1. The van der Waals surface area contributed by atoms with E-state index in [1.165, 1.54) is 18.9 Å². The highest BCUT2D eigenvalue weighted by Crippen LogP contribution is 2.57. The number of aliphatic hydroxyl groups is 1. The highest BCUT2D eigenvalue weighted by molar-refractivity contribution is 6.30. The van der Waals surface area contributed by atoms with E-state index in [9.17, 15) is 14.7 Å². The summed E-state index contributed by atoms with van der Waals surface area (Å²) >= 11 is 5.90. The van der Waals surface area contributed by atoms with Gasteiger partial charge in [-0.2, -0.15) is 0 Å². The molecule has 134 valence electrons. The molecule has 2 aromatic carbocycles. The first-order valence-corrected chi connectivity index (χ1v) is 8.41. The maximum atomic E-state index is 13.2. The van der Waals surface area contributed by atoms with Crippen molar-refractivity contribution in [3.05, 3.63) is 58.6 Å². The second-order valence-corrected chi connectivity index (χ2v) is 6.96. The van der Waals surface area contributed by atoms with E-state index in [-0.39, 0.29) is 6.42 Å². The zero-order chi connectivity index (χ0) is 18.7. The molecule has 4 rings (SSSR count). The molecule has 0 saturated carbocycles. The summed E-state index contributed by atoms with van der Waals surface area (Å²) in [4.78, 5) is 26.6. The number of amides is 1. The molecule has 0 spiro atoms. The standard InChI is InChI=1S/C19H16ClNO5/c1-18-19(24,10-16(22)26-18)14-9-13(25-2)7-8-15(14)21(18)17(23)11-3-5-12(20)6-4-11/h3-9,24H,10H2,1-2H3. The summed E-state index contributed by atoms with van der Waals surface area (Å²) in [6.45, 7) is 1.54. The van der Waals surface area contributed by atoms with Gasteiger partial charge in [0.25, 0.3) is 5.91 Å². The van der Waals surface area contributed by atoms with Crippen LogP contribution in [0.5, 0.6) is 5.75 Å². The molecular weight excluding hydrogens is 358 g/mol. The molecule has 2 aliphatic heterocycles. The number of carbonyl (C=O) groups is 2. The summed E-state index contributed by atoms with van der Waals surface area (Å²) in [6.07, 6.45) is -0.242. The second-order valence-electron chi connectivity index (χ2n) is 6.52. The lowest BCUT2D eigenvalue weighted by Crippen LogP contribution is -2.56. The molecule has 0 aromatic heterocycles. The number of ether oxygens (including phenoxy) is 2. The van der Waals surface area contributed by atoms with Gasteiger partial charge in [-0.1, -0.05) is 11.6 Å². The number of nitrogens with zero attached hydrogens (tertiary/aromatic N) is 1. The monoisotopic (exact) mass is 373 g/mol. The zero-order valence-corrected chi connectivity index (χ0v) is 14.9. The van der Waals surface area contributed by atoms with Gasteiger partial charge in [0.15, 0.2) is 5.60 Å². The number of halogens is 1. The van der Waals surface area contributed by atoms with Crippen LogP contribution in [0.2, 0.25) is 5.02 Å². The van der Waals surface area contributed by atoms with E-state index < -0.39 is 23.2 Å². The number of esters is 1. The van der Waals surface area contributed by atoms with E-state index in [0.717, 1.165) is 0 Å². The van der Waals surface area contributed by atoms with Crippen molar-refractivity contribution in [2.24, 2.45) is 0 Å². The first kappa shape index (κ1) is 16.9. The van der Waals surface area contributed by atoms with E-state index in [1.54, 1.807) is 42.5 Å². The van der Waals surface area contributed by atoms with Gasteiger partial charge in [0.1, 0.15) is 5.75 Å². The minimum Gasteiger partial charge on any atom is -0.497 e. The van der Waals surface area contributed by atoms with Crippen LogP contribution in [-0.2, 0) is 15.1 Å². The molecular formula is C19H16ClNO5. The number of carbonyl (C=O) groups excluding carboxylic acids is 2. The molecule has 7 heteroatoms. The molecule has 1 saturated heterocycles. The summed E-state index contributed by atoms with van der Waals surface area (Å²) in [5.41, 5.74) is -1.94. The molecule has 26 heavy (non-hydrogen) atoms. The summed E-state index contributed by atoms with van der Waals surface area (Å²) in [5, 5.41) is 11.8. The Morgan fingerprint density at radius 1 is 1.27 bits per heavy atom. The van der Waals surface area contributed by atoms with E-state index in [0.29, 0.717) is 27.6 Å². The van der Waals surface area contributed by atoms with E-state index in [1.807, 2.05) is 0 Å². The van der Waals surface area contributed by atoms with Crippen LogP contribution in [0.1, 0.15) is 29.3 Å². The van der Waals surface area contributed by atoms with Crippen molar-refractivity contribution in [1.29, 1.82) is 0 Å². The molecule has 2 aromatic rings. The molecule has 2 unspecified atom stereocenters.